The molecule has 0 aliphatic carbocycles. The summed E-state index contributed by atoms with van der Waals surface area (Å²) in [5, 5.41) is 9.84. The van der Waals surface area contributed by atoms with Crippen molar-refractivity contribution in [3.8, 4) is 22.6 Å². The third kappa shape index (κ3) is 6.38. The van der Waals surface area contributed by atoms with E-state index in [4.69, 9.17) is 9.47 Å². The Kier molecular flexibility index (Phi) is 8.14. The van der Waals surface area contributed by atoms with Gasteiger partial charge in [-0.2, -0.15) is 13.2 Å². The molecule has 0 atom stereocenters. The van der Waals surface area contributed by atoms with Gasteiger partial charge in [0.15, 0.2) is 33.0 Å². The zero-order valence-electron chi connectivity index (χ0n) is 23.8. The Morgan fingerprint density at radius 3 is 2.42 bits per heavy atom. The van der Waals surface area contributed by atoms with E-state index in [0.717, 1.165) is 33.6 Å². The highest BCUT2D eigenvalue weighted by Gasteiger charge is 2.33. The summed E-state index contributed by atoms with van der Waals surface area (Å²) in [6, 6.07) is 8.94. The van der Waals surface area contributed by atoms with Gasteiger partial charge in [0, 0.05) is 24.6 Å². The number of carbonyl (C=O) groups excluding carboxylic acids is 1. The molecule has 5 rings (SSSR count). The number of imidazole rings is 1. The first kappa shape index (κ1) is 31.2. The third-order valence-corrected chi connectivity index (χ3v) is 7.92. The molecule has 0 bridgehead atoms. The number of aromatic amines is 1. The van der Waals surface area contributed by atoms with Gasteiger partial charge in [0.05, 0.1) is 28.6 Å². The number of hydrogen-bond acceptors (Lipinski definition) is 8. The van der Waals surface area contributed by atoms with Gasteiger partial charge in [0.25, 0.3) is 0 Å². The van der Waals surface area contributed by atoms with E-state index in [9.17, 15) is 31.2 Å². The number of methoxy groups -OCH3 is 1. The highest BCUT2D eigenvalue weighted by molar-refractivity contribution is 7.90. The predicted octanol–water partition coefficient (Wildman–Crippen LogP) is 3.91. The molecule has 0 fully saturated rings. The monoisotopic (exact) mass is 648 g/mol. The lowest BCUT2D eigenvalue weighted by atomic mass is 9.99. The van der Waals surface area contributed by atoms with Crippen molar-refractivity contribution in [3.05, 3.63) is 82.5 Å². The van der Waals surface area contributed by atoms with E-state index in [0.29, 0.717) is 0 Å². The van der Waals surface area contributed by atoms with Crippen LogP contribution in [0.2, 0.25) is 0 Å². The maximum Gasteiger partial charge on any atom is 0.416 e. The summed E-state index contributed by atoms with van der Waals surface area (Å²) in [4.78, 5) is 28.9. The number of aromatic nitrogens is 5. The maximum atomic E-state index is 15.4. The third-order valence-electron chi connectivity index (χ3n) is 6.79. The molecule has 0 spiro atoms. The fourth-order valence-electron chi connectivity index (χ4n) is 4.68. The van der Waals surface area contributed by atoms with Gasteiger partial charge in [-0.3, -0.25) is 13.9 Å². The van der Waals surface area contributed by atoms with E-state index >= 15 is 4.39 Å². The van der Waals surface area contributed by atoms with Crippen molar-refractivity contribution in [2.75, 3.05) is 18.7 Å². The zero-order valence-corrected chi connectivity index (χ0v) is 24.6. The number of rotatable bonds is 9. The fraction of sp³-hybridized carbons (Fsp3) is 0.214. The first-order valence-electron chi connectivity index (χ1n) is 12.9. The van der Waals surface area contributed by atoms with Crippen LogP contribution in [-0.2, 0) is 41.0 Å². The number of amides is 1. The van der Waals surface area contributed by atoms with Gasteiger partial charge in [0.1, 0.15) is 19.5 Å². The molecule has 0 unspecified atom stereocenters. The summed E-state index contributed by atoms with van der Waals surface area (Å²) in [6.45, 7) is -0.890. The second-order valence-electron chi connectivity index (χ2n) is 9.88. The van der Waals surface area contributed by atoms with Gasteiger partial charge in [-0.25, -0.2) is 17.6 Å². The number of fused-ring (bicyclic) bond motifs is 1. The van der Waals surface area contributed by atoms with Crippen molar-refractivity contribution in [2.45, 2.75) is 24.2 Å². The van der Waals surface area contributed by atoms with E-state index in [-0.39, 0.29) is 56.7 Å². The number of sulfone groups is 1. The quantitative estimate of drug-likeness (QED) is 0.229. The normalized spacial score (nSPS) is 12.0. The molecule has 45 heavy (non-hydrogen) atoms. The second-order valence-corrected chi connectivity index (χ2v) is 11.9. The molecule has 0 saturated carbocycles. The predicted molar refractivity (Wildman–Crippen MR) is 153 cm³/mol. The van der Waals surface area contributed by atoms with Gasteiger partial charge in [-0.1, -0.05) is 0 Å². The first-order valence-corrected chi connectivity index (χ1v) is 14.8. The largest absolute Gasteiger partial charge is 0.493 e. The Morgan fingerprint density at radius 2 is 1.82 bits per heavy atom. The molecule has 0 aliphatic rings. The Bertz CT molecular complexity index is 2070. The summed E-state index contributed by atoms with van der Waals surface area (Å²) in [5.74, 6) is -1.91. The average Bonchev–Trinajstić information content (AvgIpc) is 3.58. The number of carbonyl (C=O) groups is 1. The Balaban J connectivity index is 1.57. The Labute approximate surface area is 252 Å². The van der Waals surface area contributed by atoms with Crippen LogP contribution in [0.1, 0.15) is 11.4 Å². The number of H-pyrrole nitrogens is 1. The van der Waals surface area contributed by atoms with Crippen LogP contribution in [-0.4, -0.2) is 52.0 Å². The lowest BCUT2D eigenvalue weighted by molar-refractivity contribution is -0.137. The van der Waals surface area contributed by atoms with Crippen molar-refractivity contribution in [1.29, 1.82) is 0 Å². The molecular formula is C28H24F4N6O6S. The second kappa shape index (κ2) is 11.7. The molecule has 2 aromatic heterocycles. The van der Waals surface area contributed by atoms with Gasteiger partial charge < -0.3 is 19.8 Å². The molecule has 0 radical (unpaired) electrons. The van der Waals surface area contributed by atoms with Crippen molar-refractivity contribution >= 4 is 32.5 Å². The van der Waals surface area contributed by atoms with Gasteiger partial charge in [0.2, 0.25) is 5.91 Å². The van der Waals surface area contributed by atoms with Gasteiger partial charge >= 0.3 is 11.9 Å². The van der Waals surface area contributed by atoms with Crippen molar-refractivity contribution < 1.29 is 40.2 Å². The molecule has 2 heterocycles. The van der Waals surface area contributed by atoms with E-state index in [1.165, 1.54) is 50.8 Å². The van der Waals surface area contributed by atoms with Crippen molar-refractivity contribution in [2.24, 2.45) is 7.05 Å². The minimum atomic E-state index is -4.87. The number of aryl methyl sites for hydroxylation is 1. The highest BCUT2D eigenvalue weighted by Crippen LogP contribution is 2.41. The standard InChI is InChI=1S/C28H24F4N6O6S/c1-37-25-19(15-8-20(29)26(22(9-15)43-2)44-13-23-33-14-34-36-23)10-16(28(30,31)32)11-21(25)38(27(37)40)12-24(39)35-17-4-6-18(7-5-17)45(3,41)42/h4-11,14H,12-13H2,1-3H3,(H,35,39)(H,33,34,36). The minimum Gasteiger partial charge on any atom is -0.493 e. The highest BCUT2D eigenvalue weighted by atomic mass is 32.2. The van der Waals surface area contributed by atoms with Crippen LogP contribution >= 0.6 is 0 Å². The number of anilines is 1. The summed E-state index contributed by atoms with van der Waals surface area (Å²) in [5.41, 5.74) is -2.22. The fourth-order valence-corrected chi connectivity index (χ4v) is 5.31. The van der Waals surface area contributed by atoms with Crippen LogP contribution in [0.4, 0.5) is 23.2 Å². The maximum absolute atomic E-state index is 15.4. The number of nitrogens with one attached hydrogen (secondary N) is 2. The molecule has 1 amide bonds. The number of ether oxygens (including phenoxy) is 2. The van der Waals surface area contributed by atoms with E-state index < -0.39 is 45.5 Å². The number of nitrogens with zero attached hydrogens (tertiary/aromatic N) is 4. The summed E-state index contributed by atoms with van der Waals surface area (Å²) < 4.78 is 93.7. The smallest absolute Gasteiger partial charge is 0.416 e. The molecule has 3 aromatic carbocycles. The SMILES string of the molecule is COc1cc(-c2cc(C(F)(F)F)cc3c2n(C)c(=O)n3CC(=O)Nc2ccc(S(C)(=O)=O)cc2)cc(F)c1OCc1nnc[nH]1. The molecule has 0 saturated heterocycles. The Hall–Kier alpha value is -5.19. The Morgan fingerprint density at radius 1 is 1.11 bits per heavy atom. The number of halogens is 4. The van der Waals surface area contributed by atoms with Crippen LogP contribution in [0.3, 0.4) is 0 Å². The molecule has 17 heteroatoms. The molecule has 0 aliphatic heterocycles. The zero-order chi connectivity index (χ0) is 32.7. The van der Waals surface area contributed by atoms with Crippen LogP contribution in [0.15, 0.2) is 64.5 Å². The topological polar surface area (TPSA) is 150 Å². The average molecular weight is 649 g/mol. The minimum absolute atomic E-state index is 0.00455. The van der Waals surface area contributed by atoms with Crippen LogP contribution in [0, 0.1) is 5.82 Å². The van der Waals surface area contributed by atoms with Crippen LogP contribution in [0.5, 0.6) is 11.5 Å². The molecular weight excluding hydrogens is 624 g/mol. The molecule has 236 valence electrons. The summed E-state index contributed by atoms with van der Waals surface area (Å²) in [7, 11) is -0.955. The van der Waals surface area contributed by atoms with Crippen molar-refractivity contribution in [1.82, 2.24) is 24.3 Å². The van der Waals surface area contributed by atoms with Crippen LogP contribution in [0.25, 0.3) is 22.2 Å². The lowest BCUT2D eigenvalue weighted by Gasteiger charge is -2.15. The number of benzene rings is 3. The number of hydrogen-bond donors (Lipinski definition) is 2. The van der Waals surface area contributed by atoms with E-state index in [1.54, 1.807) is 0 Å². The molecule has 12 nitrogen and oxygen atoms in total. The van der Waals surface area contributed by atoms with E-state index in [1.807, 2.05) is 0 Å². The van der Waals surface area contributed by atoms with E-state index in [2.05, 4.69) is 20.5 Å². The van der Waals surface area contributed by atoms with Crippen molar-refractivity contribution in [3.63, 3.8) is 0 Å². The van der Waals surface area contributed by atoms with Gasteiger partial charge in [-0.05, 0) is 54.1 Å². The first-order chi connectivity index (χ1) is 21.2. The van der Waals surface area contributed by atoms with Gasteiger partial charge in [-0.15, -0.1) is 10.2 Å². The molecule has 2 N–H and O–H groups in total. The molecule has 5 aromatic rings. The lowest BCUT2D eigenvalue weighted by Crippen LogP contribution is -2.28. The van der Waals surface area contributed by atoms with Crippen LogP contribution < -0.4 is 20.5 Å². The number of alkyl halides is 3. The summed E-state index contributed by atoms with van der Waals surface area (Å²) >= 11 is 0. The summed E-state index contributed by atoms with van der Waals surface area (Å²) in [6.07, 6.45) is -2.55.